The van der Waals surface area contributed by atoms with Crippen molar-refractivity contribution in [1.29, 1.82) is 0 Å². The molecule has 0 aliphatic rings. The minimum absolute atomic E-state index is 0. The van der Waals surface area contributed by atoms with Crippen molar-refractivity contribution >= 4 is 58.3 Å². The summed E-state index contributed by atoms with van der Waals surface area (Å²) in [5.41, 5.74) is 0. The van der Waals surface area contributed by atoms with Crippen LogP contribution in [0.5, 0.6) is 0 Å². The fourth-order valence-corrected chi connectivity index (χ4v) is 0. The standard InChI is InChI=1S/2C3H7NS2.Mn/c2*1-4(2)3(5)6;/h2*1-2H3,(H,5,6);/q;;+2. The maximum atomic E-state index is 4.61. The maximum absolute atomic E-state index is 4.61. The Bertz CT molecular complexity index is 143. The molecule has 0 bridgehead atoms. The zero-order valence-corrected chi connectivity index (χ0v) is 12.6. The van der Waals surface area contributed by atoms with Crippen LogP contribution in [-0.4, -0.2) is 46.6 Å². The average Bonchev–Trinajstić information content (AvgIpc) is 1.88. The van der Waals surface area contributed by atoms with Gasteiger partial charge in [-0.25, -0.2) is 0 Å². The summed E-state index contributed by atoms with van der Waals surface area (Å²) in [5.74, 6) is 0. The summed E-state index contributed by atoms with van der Waals surface area (Å²) in [6.45, 7) is 0. The van der Waals surface area contributed by atoms with E-state index < -0.39 is 0 Å². The van der Waals surface area contributed by atoms with E-state index in [0.717, 1.165) is 0 Å². The number of thiol groups is 2. The second-order valence-electron chi connectivity index (χ2n) is 2.35. The van der Waals surface area contributed by atoms with Crippen molar-refractivity contribution in [2.45, 2.75) is 0 Å². The van der Waals surface area contributed by atoms with Gasteiger partial charge in [-0.1, -0.05) is 0 Å². The molecule has 0 saturated carbocycles. The first kappa shape index (κ1) is 19.8. The van der Waals surface area contributed by atoms with Gasteiger partial charge in [0.2, 0.25) is 0 Å². The van der Waals surface area contributed by atoms with Crippen molar-refractivity contribution in [1.82, 2.24) is 9.80 Å². The van der Waals surface area contributed by atoms with Crippen LogP contribution in [0.3, 0.4) is 0 Å². The molecule has 0 amide bonds. The quantitative estimate of drug-likeness (QED) is 0.184. The number of hydrogen-bond acceptors (Lipinski definition) is 2. The van der Waals surface area contributed by atoms with Gasteiger partial charge in [-0.05, 0) is 28.2 Å². The number of hydrogen-bond donors (Lipinski definition) is 0. The molecule has 0 unspecified atom stereocenters. The molecule has 2 nitrogen and oxygen atoms in total. The minimum atomic E-state index is 0. The molecule has 0 heterocycles. The van der Waals surface area contributed by atoms with Crippen LogP contribution in [-0.2, 0) is 66.8 Å². The Hall–Kier alpha value is 1.32. The smallest absolute Gasteiger partial charge is 0.680 e. The van der Waals surface area contributed by atoms with E-state index in [2.05, 4.69) is 49.7 Å². The summed E-state index contributed by atoms with van der Waals surface area (Å²) >= 11 is 16.9. The van der Waals surface area contributed by atoms with Gasteiger partial charge in [0.05, 0.1) is 0 Å². The largest absolute Gasteiger partial charge is 2.00 e. The van der Waals surface area contributed by atoms with Crippen LogP contribution >= 0.6 is 0 Å². The number of rotatable bonds is 0. The molecule has 13 heavy (non-hydrogen) atoms. The van der Waals surface area contributed by atoms with Crippen LogP contribution in [0.15, 0.2) is 0 Å². The Morgan fingerprint density at radius 2 is 0.923 bits per heavy atom. The molecule has 1 radical (unpaired) electrons. The zero-order chi connectivity index (χ0) is 10.3. The molecule has 0 rings (SSSR count). The molecule has 0 atom stereocenters. The second kappa shape index (κ2) is 11.4. The van der Waals surface area contributed by atoms with Crippen LogP contribution in [0.25, 0.3) is 0 Å². The summed E-state index contributed by atoms with van der Waals surface area (Å²) < 4.78 is 1.24. The van der Waals surface area contributed by atoms with Crippen molar-refractivity contribution in [3.8, 4) is 0 Å². The Morgan fingerprint density at radius 3 is 0.923 bits per heavy atom. The van der Waals surface area contributed by atoms with E-state index in [1.54, 1.807) is 9.80 Å². The SMILES string of the molecule is CN(C)C([S-])=[SH+].CN(C)C([S-])=[SH+].[Mn+2]. The average molecular weight is 297 g/mol. The van der Waals surface area contributed by atoms with Crippen LogP contribution in [0.4, 0.5) is 0 Å². The molecule has 0 aromatic carbocycles. The number of nitrogens with zero attached hydrogens (tertiary/aromatic N) is 2. The van der Waals surface area contributed by atoms with E-state index in [-0.39, 0.29) is 17.1 Å². The van der Waals surface area contributed by atoms with Crippen LogP contribution < -0.4 is 0 Å². The zero-order valence-electron chi connectivity index (χ0n) is 7.98. The fraction of sp³-hybridized carbons (Fsp3) is 0.667. The normalized spacial score (nSPS) is 8.62. The third-order valence-corrected chi connectivity index (χ3v) is 2.30. The third-order valence-electron chi connectivity index (χ3n) is 0.765. The molecule has 0 aliphatic carbocycles. The summed E-state index contributed by atoms with van der Waals surface area (Å²) in [4.78, 5) is 3.52. The molecule has 77 valence electrons. The molecule has 0 aromatic rings. The molecule has 0 spiro atoms. The topological polar surface area (TPSA) is 6.48 Å². The van der Waals surface area contributed by atoms with Crippen molar-refractivity contribution in [2.75, 3.05) is 28.2 Å². The van der Waals surface area contributed by atoms with Crippen molar-refractivity contribution < 1.29 is 17.1 Å². The Balaban J connectivity index is -0.000000143. The first-order valence-corrected chi connectivity index (χ1v) is 4.80. The molecule has 0 aliphatic heterocycles. The fourth-order valence-electron chi connectivity index (χ4n) is 0. The summed E-state index contributed by atoms with van der Waals surface area (Å²) in [6, 6.07) is 0. The monoisotopic (exact) mass is 297 g/mol. The van der Waals surface area contributed by atoms with Crippen LogP contribution in [0.1, 0.15) is 0 Å². The molecular formula is C6H14MnN2S4+2. The summed E-state index contributed by atoms with van der Waals surface area (Å²) in [7, 11) is 7.43. The van der Waals surface area contributed by atoms with Crippen molar-refractivity contribution in [3.63, 3.8) is 0 Å². The maximum Gasteiger partial charge on any atom is 2.00 e. The van der Waals surface area contributed by atoms with E-state index in [1.807, 2.05) is 28.2 Å². The Morgan fingerprint density at radius 1 is 0.846 bits per heavy atom. The van der Waals surface area contributed by atoms with Gasteiger partial charge in [-0.3, -0.25) is 9.80 Å². The minimum Gasteiger partial charge on any atom is -0.680 e. The Kier molecular flexibility index (Phi) is 17.4. The van der Waals surface area contributed by atoms with Crippen molar-refractivity contribution in [3.05, 3.63) is 0 Å². The van der Waals surface area contributed by atoms with E-state index >= 15 is 0 Å². The van der Waals surface area contributed by atoms with E-state index in [9.17, 15) is 0 Å². The van der Waals surface area contributed by atoms with Crippen LogP contribution in [0, 0.1) is 0 Å². The van der Waals surface area contributed by atoms with Gasteiger partial charge < -0.3 is 25.3 Å². The van der Waals surface area contributed by atoms with Crippen LogP contribution in [0.2, 0.25) is 0 Å². The third kappa shape index (κ3) is 19.6. The van der Waals surface area contributed by atoms with Gasteiger partial charge in [0, 0.05) is 0 Å². The van der Waals surface area contributed by atoms with E-state index in [4.69, 9.17) is 0 Å². The molecular weight excluding hydrogens is 283 g/mol. The molecule has 0 fully saturated rings. The molecule has 0 aromatic heterocycles. The van der Waals surface area contributed by atoms with Gasteiger partial charge in [0.1, 0.15) is 33.1 Å². The van der Waals surface area contributed by atoms with Gasteiger partial charge in [0.25, 0.3) is 0 Å². The van der Waals surface area contributed by atoms with Gasteiger partial charge in [-0.2, -0.15) is 0 Å². The first-order valence-electron chi connectivity index (χ1n) is 3.09. The second-order valence-corrected chi connectivity index (χ2v) is 4.58. The van der Waals surface area contributed by atoms with Crippen molar-refractivity contribution in [2.24, 2.45) is 0 Å². The predicted molar refractivity (Wildman–Crippen MR) is 69.6 cm³/mol. The van der Waals surface area contributed by atoms with Gasteiger partial charge in [0.15, 0.2) is 0 Å². The van der Waals surface area contributed by atoms with E-state index in [0.29, 0.717) is 8.64 Å². The van der Waals surface area contributed by atoms with Gasteiger partial charge >= 0.3 is 17.1 Å². The molecule has 0 N–H and O–H groups in total. The van der Waals surface area contributed by atoms with E-state index in [1.165, 1.54) is 0 Å². The first-order chi connectivity index (χ1) is 5.29. The predicted octanol–water partition coefficient (Wildman–Crippen LogP) is -1.08. The summed E-state index contributed by atoms with van der Waals surface area (Å²) in [6.07, 6.45) is 0. The summed E-state index contributed by atoms with van der Waals surface area (Å²) in [5, 5.41) is 0. The van der Waals surface area contributed by atoms with Gasteiger partial charge in [-0.15, -0.1) is 0 Å². The Labute approximate surface area is 113 Å². The molecule has 7 heteroatoms. The molecule has 0 saturated heterocycles.